The summed E-state index contributed by atoms with van der Waals surface area (Å²) in [5.74, 6) is -2.67. The maximum absolute atomic E-state index is 12.5. The van der Waals surface area contributed by atoms with Crippen molar-refractivity contribution in [2.75, 3.05) is 5.32 Å². The minimum atomic E-state index is -5.56. The number of aromatic nitrogens is 1. The molecule has 0 fully saturated rings. The van der Waals surface area contributed by atoms with Gasteiger partial charge in [0.1, 0.15) is 0 Å². The summed E-state index contributed by atoms with van der Waals surface area (Å²) < 4.78 is 208. The molecule has 1 heterocycles. The van der Waals surface area contributed by atoms with Gasteiger partial charge >= 0.3 is 148 Å². The van der Waals surface area contributed by atoms with Gasteiger partial charge in [-0.05, 0) is 52.6 Å². The molecule has 0 radical (unpaired) electrons. The molecule has 32 heteroatoms. The molecule has 0 aliphatic carbocycles. The summed E-state index contributed by atoms with van der Waals surface area (Å²) in [5, 5.41) is 3.62. The maximum atomic E-state index is 12.5. The second-order valence-corrected chi connectivity index (χ2v) is 20.8. The van der Waals surface area contributed by atoms with Crippen LogP contribution in [0.1, 0.15) is 0 Å². The maximum Gasteiger partial charge on any atom is 1.00 e. The van der Waals surface area contributed by atoms with Gasteiger partial charge in [-0.25, -0.2) is 47.1 Å². The summed E-state index contributed by atoms with van der Waals surface area (Å²) in [4.78, 5) is 4.82. The molecule has 0 saturated heterocycles. The van der Waals surface area contributed by atoms with Gasteiger partial charge in [0.05, 0.1) is 27.5 Å². The Morgan fingerprint density at radius 3 is 1.19 bits per heavy atom. The van der Waals surface area contributed by atoms with E-state index < -0.39 is 80.7 Å². The third kappa shape index (κ3) is 12.3. The van der Waals surface area contributed by atoms with Gasteiger partial charge in [0.15, 0.2) is 28.7 Å². The van der Waals surface area contributed by atoms with Crippen molar-refractivity contribution in [2.45, 2.75) is 0 Å². The van der Waals surface area contributed by atoms with E-state index in [1.54, 1.807) is 6.07 Å². The van der Waals surface area contributed by atoms with Crippen LogP contribution in [-0.4, -0.2) is 69.8 Å². The van der Waals surface area contributed by atoms with E-state index in [1.807, 2.05) is 0 Å². The average molecular weight is 1180 g/mol. The minimum absolute atomic E-state index is 0. The Morgan fingerprint density at radius 1 is 0.325 bits per heavy atom. The number of hydrogen-bond acceptors (Lipinski definition) is 22. The Kier molecular flexibility index (Phi) is 18.9. The monoisotopic (exact) mass is 1180 g/mol. The number of fused-ring (bicyclic) bond motifs is 9. The third-order valence-electron chi connectivity index (χ3n) is 11.7. The summed E-state index contributed by atoms with van der Waals surface area (Å²) in [5.41, 5.74) is 0.118. The molecule has 0 atom stereocenters. The first kappa shape index (κ1) is 63.5. The molecule has 1 aromatic heterocycles. The molecule has 0 unspecified atom stereocenters. The van der Waals surface area contributed by atoms with E-state index in [4.69, 9.17) is 25.9 Å². The summed E-state index contributed by atoms with van der Waals surface area (Å²) in [6, 6.07) is 28.0. The number of pyridine rings is 1. The summed E-state index contributed by atoms with van der Waals surface area (Å²) in [6.45, 7) is 0. The van der Waals surface area contributed by atoms with E-state index in [0.29, 0.717) is 21.5 Å². The average Bonchev–Trinajstić information content (AvgIpc) is 3.28. The molecule has 0 aliphatic rings. The fraction of sp³-hybridized carbons (Fsp3) is 0. The van der Waals surface area contributed by atoms with E-state index in [9.17, 15) is 64.9 Å². The van der Waals surface area contributed by atoms with E-state index in [0.717, 1.165) is 0 Å². The van der Waals surface area contributed by atoms with Crippen LogP contribution in [0.2, 0.25) is 0 Å². The van der Waals surface area contributed by atoms with Gasteiger partial charge in [-0.3, -0.25) is 0 Å². The Hall–Kier alpha value is -2.70. The normalized spacial score (nSPS) is 12.2. The number of nitrogens with one attached hydrogen (secondary N) is 1. The van der Waals surface area contributed by atoms with Crippen molar-refractivity contribution in [3.63, 3.8) is 0 Å². The zero-order valence-corrected chi connectivity index (χ0v) is 54.3. The fourth-order valence-electron chi connectivity index (χ4n) is 9.38. The number of anilines is 2. The number of benzene rings is 10. The summed E-state index contributed by atoms with van der Waals surface area (Å²) in [6.07, 6.45) is 0. The molecule has 0 bridgehead atoms. The van der Waals surface area contributed by atoms with Crippen molar-refractivity contribution in [1.29, 1.82) is 0 Å². The fourth-order valence-corrected chi connectivity index (χ4v) is 11.3. The van der Waals surface area contributed by atoms with Crippen LogP contribution in [0.25, 0.3) is 97.2 Å². The van der Waals surface area contributed by atoms with Crippen LogP contribution >= 0.6 is 0 Å². The zero-order valence-electron chi connectivity index (χ0n) is 40.2. The van der Waals surface area contributed by atoms with Gasteiger partial charge in [0.25, 0.3) is 52.0 Å². The van der Waals surface area contributed by atoms with Crippen molar-refractivity contribution in [3.05, 3.63) is 121 Å². The SMILES string of the molecule is O=S(=O)([O-])Oc1c2ccccc2c(OS(=O)(=O)[O-])c2c(Nc3ccc4c(c3)c(OS(=O)(=O)[O-])c3ccc5c6ccc7c(OS(=O)(=O)[O-])c8ccccc8c(OS(=O)(=O)[O-])c7c6nc6ccc4c3c65)cccc12.[Na+].[Na+].[Na+].[Na+].[Na+]. The molecule has 11 rings (SSSR count). The van der Waals surface area contributed by atoms with Crippen LogP contribution in [-0.2, 0) is 52.0 Å². The van der Waals surface area contributed by atoms with E-state index in [1.165, 1.54) is 115 Å². The predicted molar refractivity (Wildman–Crippen MR) is 254 cm³/mol. The van der Waals surface area contributed by atoms with Gasteiger partial charge < -0.3 is 49.0 Å². The van der Waals surface area contributed by atoms with E-state index >= 15 is 0 Å². The molecule has 11 aromatic rings. The van der Waals surface area contributed by atoms with Crippen LogP contribution in [0.3, 0.4) is 0 Å². The second-order valence-electron chi connectivity index (χ2n) is 15.8. The topological polar surface area (TPSA) is 357 Å². The van der Waals surface area contributed by atoms with Crippen molar-refractivity contribution < 1.29 is 234 Å². The molecule has 0 spiro atoms. The van der Waals surface area contributed by atoms with Crippen LogP contribution < -0.4 is 174 Å². The van der Waals surface area contributed by atoms with Crippen LogP contribution in [0.15, 0.2) is 121 Å². The number of rotatable bonds is 12. The van der Waals surface area contributed by atoms with Crippen molar-refractivity contribution >= 4 is 161 Å². The first-order valence-corrected chi connectivity index (χ1v) is 26.8. The van der Waals surface area contributed by atoms with Crippen LogP contribution in [0.4, 0.5) is 11.4 Å². The van der Waals surface area contributed by atoms with Crippen molar-refractivity contribution in [1.82, 2.24) is 4.98 Å². The van der Waals surface area contributed by atoms with Crippen molar-refractivity contribution in [2.24, 2.45) is 0 Å². The Labute approximate surface area is 546 Å². The summed E-state index contributed by atoms with van der Waals surface area (Å²) >= 11 is 0. The van der Waals surface area contributed by atoms with Gasteiger partial charge in [-0.1, -0.05) is 84.9 Å². The smallest absolute Gasteiger partial charge is 0.716 e. The van der Waals surface area contributed by atoms with Gasteiger partial charge in [0.2, 0.25) is 0 Å². The van der Waals surface area contributed by atoms with Crippen LogP contribution in [0.5, 0.6) is 28.7 Å². The molecule has 0 aliphatic heterocycles. The van der Waals surface area contributed by atoms with E-state index in [-0.39, 0.29) is 235 Å². The molecular formula is C45H21N2Na5O20S5. The quantitative estimate of drug-likeness (QED) is 0.0390. The van der Waals surface area contributed by atoms with Gasteiger partial charge in [-0.15, -0.1) is 0 Å². The molecule has 0 saturated carbocycles. The third-order valence-corrected chi connectivity index (χ3v) is 13.5. The first-order valence-electron chi connectivity index (χ1n) is 20.2. The standard InChI is InChI=1S/C45H26N2O20S5.5Na/c48-68(49,50)63-41-26-6-1-3-8-28(26)44(66-71(57,58)59)38-30(41)10-5-11-34(38)46-21-12-13-22-23-18-19-35-37-24(14-16-31(36(23)37)43(33(22)20-21)65-70(54,55)56)25-15-17-32-39(40(25)47-35)45(67-72(60,61)62)29-9-4-2-7-27(29)42(32)64-69(51,52)53;;;;;/h1-20,46H,(H,48,49,50)(H,51,52,53)(H,54,55,56)(H,57,58,59)(H,60,61,62);;;;;/q;5*+1/p-5. The molecule has 366 valence electrons. The zero-order chi connectivity index (χ0) is 51.0. The van der Waals surface area contributed by atoms with Gasteiger partial charge in [-0.2, -0.15) is 0 Å². The first-order chi connectivity index (χ1) is 33.8. The Bertz CT molecular complexity index is 4870. The molecule has 22 nitrogen and oxygen atoms in total. The van der Waals surface area contributed by atoms with Crippen molar-refractivity contribution in [3.8, 4) is 28.7 Å². The number of hydrogen-bond donors (Lipinski definition) is 1. The van der Waals surface area contributed by atoms with Gasteiger partial charge in [0, 0.05) is 64.9 Å². The molecule has 1 N–H and O–H groups in total. The largest absolute Gasteiger partial charge is 1.00 e. The predicted octanol–water partition coefficient (Wildman–Crippen LogP) is -8.14. The molecule has 10 aromatic carbocycles. The Morgan fingerprint density at radius 2 is 0.688 bits per heavy atom. The molecular weight excluding hydrogens is 1160 g/mol. The Balaban J connectivity index is 0.00000192. The molecule has 77 heavy (non-hydrogen) atoms. The number of nitrogens with zero attached hydrogens (tertiary/aromatic N) is 1. The minimum Gasteiger partial charge on any atom is -0.716 e. The van der Waals surface area contributed by atoms with E-state index in [2.05, 4.69) is 5.32 Å². The second kappa shape index (κ2) is 22.9. The molecule has 0 amide bonds. The summed E-state index contributed by atoms with van der Waals surface area (Å²) in [7, 11) is -27.5. The van der Waals surface area contributed by atoms with Crippen LogP contribution in [0, 0.1) is 0 Å².